The maximum atomic E-state index is 14.5. The van der Waals surface area contributed by atoms with Crippen LogP contribution in [0.4, 0.5) is 8.78 Å². The van der Waals surface area contributed by atoms with Gasteiger partial charge in [-0.1, -0.05) is 36.4 Å². The first-order valence-corrected chi connectivity index (χ1v) is 13.2. The van der Waals surface area contributed by atoms with Gasteiger partial charge in [0.15, 0.2) is 0 Å². The predicted molar refractivity (Wildman–Crippen MR) is 142 cm³/mol. The van der Waals surface area contributed by atoms with Gasteiger partial charge < -0.3 is 14.8 Å². The van der Waals surface area contributed by atoms with Crippen molar-refractivity contribution in [2.24, 2.45) is 0 Å². The maximum Gasteiger partial charge on any atom is 0.257 e. The van der Waals surface area contributed by atoms with E-state index >= 15 is 0 Å². The highest BCUT2D eigenvalue weighted by Crippen LogP contribution is 2.36. The number of likely N-dealkylation sites (tertiary alicyclic amines) is 1. The fraction of sp³-hybridized carbons (Fsp3) is 0.323. The zero-order valence-electron chi connectivity index (χ0n) is 20.8. The average Bonchev–Trinajstić information content (AvgIpc) is 3.35. The third-order valence-electron chi connectivity index (χ3n) is 8.20. The molecule has 1 amide bonds. The lowest BCUT2D eigenvalue weighted by Crippen LogP contribution is -2.42. The number of H-pyrrole nitrogens is 1. The summed E-state index contributed by atoms with van der Waals surface area (Å²) in [7, 11) is 0. The van der Waals surface area contributed by atoms with Gasteiger partial charge in [0.05, 0.1) is 11.6 Å². The number of hydrogen-bond acceptors (Lipinski definition) is 2. The molecule has 37 heavy (non-hydrogen) atoms. The highest BCUT2D eigenvalue weighted by Gasteiger charge is 2.33. The van der Waals surface area contributed by atoms with Crippen molar-refractivity contribution in [1.82, 2.24) is 14.8 Å². The molecule has 6 rings (SSSR count). The number of amides is 1. The lowest BCUT2D eigenvalue weighted by Gasteiger charge is -2.39. The van der Waals surface area contributed by atoms with E-state index in [0.29, 0.717) is 12.5 Å². The third-order valence-corrected chi connectivity index (χ3v) is 8.20. The summed E-state index contributed by atoms with van der Waals surface area (Å²) in [6.45, 7) is 3.38. The number of carbonyl (C=O) groups excluding carboxylic acids is 1. The number of fused-ring (bicyclic) bond motifs is 2. The van der Waals surface area contributed by atoms with E-state index in [9.17, 15) is 13.6 Å². The minimum atomic E-state index is -0.468. The Bertz CT molecular complexity index is 1420. The Morgan fingerprint density at radius 1 is 0.919 bits per heavy atom. The number of aromatic amines is 1. The van der Waals surface area contributed by atoms with E-state index in [0.717, 1.165) is 56.2 Å². The number of piperidine rings is 1. The largest absolute Gasteiger partial charge is 0.361 e. The van der Waals surface area contributed by atoms with Gasteiger partial charge >= 0.3 is 0 Å². The number of nitrogens with one attached hydrogen (secondary N) is 1. The van der Waals surface area contributed by atoms with Gasteiger partial charge in [-0.3, -0.25) is 4.79 Å². The van der Waals surface area contributed by atoms with E-state index in [1.54, 1.807) is 30.3 Å². The first-order valence-electron chi connectivity index (χ1n) is 13.2. The zero-order valence-corrected chi connectivity index (χ0v) is 20.8. The summed E-state index contributed by atoms with van der Waals surface area (Å²) in [6.07, 6.45) is 5.66. The molecule has 1 N–H and O–H groups in total. The third kappa shape index (κ3) is 4.66. The second-order valence-corrected chi connectivity index (χ2v) is 10.3. The molecule has 0 saturated carbocycles. The molecule has 0 spiro atoms. The minimum absolute atomic E-state index is 0.0774. The Balaban J connectivity index is 1.16. The number of carbonyl (C=O) groups is 1. The van der Waals surface area contributed by atoms with Crippen molar-refractivity contribution in [2.75, 3.05) is 26.2 Å². The second kappa shape index (κ2) is 10.1. The molecular formula is C31H31F2N3O. The van der Waals surface area contributed by atoms with Crippen LogP contribution in [-0.2, 0) is 6.42 Å². The number of nitrogens with zero attached hydrogens (tertiary/aromatic N) is 2. The summed E-state index contributed by atoms with van der Waals surface area (Å²) in [5.74, 6) is -0.499. The first-order chi connectivity index (χ1) is 18.1. The standard InChI is InChI=1S/C31H31F2N3O/c32-23-9-10-29-26(19-23)27(20-34-29)22-11-15-35(16-12-22)17-14-30-24-6-2-1-5-21(24)13-18-36(30)31(37)25-7-3-4-8-28(25)33/h1-10,19-20,22,30,34H,11-18H2. The summed E-state index contributed by atoms with van der Waals surface area (Å²) >= 11 is 0. The van der Waals surface area contributed by atoms with Gasteiger partial charge in [0.2, 0.25) is 0 Å². The Labute approximate surface area is 215 Å². The highest BCUT2D eigenvalue weighted by atomic mass is 19.1. The van der Waals surface area contributed by atoms with E-state index < -0.39 is 5.82 Å². The zero-order chi connectivity index (χ0) is 25.4. The normalized spacial score (nSPS) is 18.8. The molecule has 1 aromatic heterocycles. The first kappa shape index (κ1) is 23.9. The number of halogens is 2. The van der Waals surface area contributed by atoms with Crippen LogP contribution in [0.1, 0.15) is 58.3 Å². The molecule has 0 radical (unpaired) electrons. The van der Waals surface area contributed by atoms with Crippen molar-refractivity contribution >= 4 is 16.8 Å². The molecule has 3 aromatic carbocycles. The monoisotopic (exact) mass is 499 g/mol. The summed E-state index contributed by atoms with van der Waals surface area (Å²) in [4.78, 5) is 21.1. The van der Waals surface area contributed by atoms with Crippen molar-refractivity contribution in [3.63, 3.8) is 0 Å². The van der Waals surface area contributed by atoms with Gasteiger partial charge in [-0.2, -0.15) is 0 Å². The van der Waals surface area contributed by atoms with Gasteiger partial charge in [-0.25, -0.2) is 8.78 Å². The molecule has 2 aliphatic rings. The highest BCUT2D eigenvalue weighted by molar-refractivity contribution is 5.95. The topological polar surface area (TPSA) is 39.3 Å². The van der Waals surface area contributed by atoms with Gasteiger partial charge in [-0.15, -0.1) is 0 Å². The van der Waals surface area contributed by atoms with Crippen molar-refractivity contribution in [3.8, 4) is 0 Å². The van der Waals surface area contributed by atoms with E-state index in [-0.39, 0.29) is 23.3 Å². The molecule has 0 aliphatic carbocycles. The molecule has 1 saturated heterocycles. The van der Waals surface area contributed by atoms with E-state index in [2.05, 4.69) is 22.0 Å². The second-order valence-electron chi connectivity index (χ2n) is 10.3. The van der Waals surface area contributed by atoms with Crippen molar-refractivity contribution < 1.29 is 13.6 Å². The minimum Gasteiger partial charge on any atom is -0.361 e. The lowest BCUT2D eigenvalue weighted by molar-refractivity contribution is 0.0625. The Kier molecular flexibility index (Phi) is 6.51. The molecule has 2 aliphatic heterocycles. The number of hydrogen-bond donors (Lipinski definition) is 1. The molecular weight excluding hydrogens is 468 g/mol. The van der Waals surface area contributed by atoms with Gasteiger partial charge in [0, 0.05) is 30.2 Å². The van der Waals surface area contributed by atoms with Crippen LogP contribution in [-0.4, -0.2) is 46.9 Å². The van der Waals surface area contributed by atoms with Gasteiger partial charge in [0.25, 0.3) is 5.91 Å². The SMILES string of the molecule is O=C(c1ccccc1F)N1CCc2ccccc2C1CCN1CCC(c2c[nH]c3ccc(F)cc23)CC1. The number of aromatic nitrogens is 1. The molecule has 0 bridgehead atoms. The van der Waals surface area contributed by atoms with Gasteiger partial charge in [0.1, 0.15) is 11.6 Å². The maximum absolute atomic E-state index is 14.5. The molecule has 1 unspecified atom stereocenters. The summed E-state index contributed by atoms with van der Waals surface area (Å²) < 4.78 is 28.3. The quantitative estimate of drug-likeness (QED) is 0.343. The average molecular weight is 500 g/mol. The van der Waals surface area contributed by atoms with Crippen LogP contribution in [0.3, 0.4) is 0 Å². The molecule has 1 fully saturated rings. The summed E-state index contributed by atoms with van der Waals surface area (Å²) in [6, 6.07) is 19.5. The van der Waals surface area contributed by atoms with Crippen molar-refractivity contribution in [2.45, 2.75) is 37.6 Å². The van der Waals surface area contributed by atoms with Crippen LogP contribution in [0.15, 0.2) is 72.9 Å². The summed E-state index contributed by atoms with van der Waals surface area (Å²) in [5.41, 5.74) is 4.78. The van der Waals surface area contributed by atoms with Crippen molar-refractivity contribution in [1.29, 1.82) is 0 Å². The summed E-state index contributed by atoms with van der Waals surface area (Å²) in [5, 5.41) is 0.986. The van der Waals surface area contributed by atoms with Crippen LogP contribution in [0, 0.1) is 11.6 Å². The smallest absolute Gasteiger partial charge is 0.257 e. The van der Waals surface area contributed by atoms with Crippen LogP contribution in [0.2, 0.25) is 0 Å². The molecule has 4 aromatic rings. The van der Waals surface area contributed by atoms with Gasteiger partial charge in [-0.05, 0) is 91.7 Å². The van der Waals surface area contributed by atoms with Crippen LogP contribution < -0.4 is 0 Å². The van der Waals surface area contributed by atoms with Crippen molar-refractivity contribution in [3.05, 3.63) is 107 Å². The molecule has 3 heterocycles. The Morgan fingerprint density at radius 3 is 2.54 bits per heavy atom. The fourth-order valence-electron chi connectivity index (χ4n) is 6.22. The van der Waals surface area contributed by atoms with E-state index in [1.807, 2.05) is 23.2 Å². The Hall–Kier alpha value is -3.51. The lowest BCUT2D eigenvalue weighted by atomic mass is 9.88. The predicted octanol–water partition coefficient (Wildman–Crippen LogP) is 6.46. The van der Waals surface area contributed by atoms with Crippen LogP contribution in [0.25, 0.3) is 10.9 Å². The fourth-order valence-corrected chi connectivity index (χ4v) is 6.22. The molecule has 1 atom stereocenters. The van der Waals surface area contributed by atoms with E-state index in [1.165, 1.54) is 28.8 Å². The van der Waals surface area contributed by atoms with Crippen LogP contribution >= 0.6 is 0 Å². The van der Waals surface area contributed by atoms with Crippen LogP contribution in [0.5, 0.6) is 0 Å². The number of rotatable bonds is 5. The molecule has 4 nitrogen and oxygen atoms in total. The molecule has 6 heteroatoms. The molecule has 190 valence electrons. The number of benzene rings is 3. The van der Waals surface area contributed by atoms with E-state index in [4.69, 9.17) is 0 Å². The Morgan fingerprint density at radius 2 is 1.70 bits per heavy atom.